The van der Waals surface area contributed by atoms with Crippen LogP contribution in [0.2, 0.25) is 0 Å². The lowest BCUT2D eigenvalue weighted by atomic mass is 10.1. The molecular formula is C27H32N6O. The number of anilines is 1. The van der Waals surface area contributed by atoms with Crippen LogP contribution in [0.5, 0.6) is 0 Å². The smallest absolute Gasteiger partial charge is 0.273 e. The number of hydrogen-bond donors (Lipinski definition) is 0. The molecule has 0 N–H and O–H groups in total. The molecular weight excluding hydrogens is 424 g/mol. The lowest BCUT2D eigenvalue weighted by Gasteiger charge is -2.28. The second kappa shape index (κ2) is 9.87. The van der Waals surface area contributed by atoms with Gasteiger partial charge in [-0.25, -0.2) is 9.97 Å². The van der Waals surface area contributed by atoms with Crippen LogP contribution in [0.15, 0.2) is 42.7 Å². The molecule has 0 aliphatic carbocycles. The summed E-state index contributed by atoms with van der Waals surface area (Å²) in [5.74, 6) is 0.635. The third-order valence-corrected chi connectivity index (χ3v) is 6.73. The first-order valence-electron chi connectivity index (χ1n) is 12.3. The van der Waals surface area contributed by atoms with E-state index in [2.05, 4.69) is 46.1 Å². The Morgan fingerprint density at radius 2 is 1.82 bits per heavy atom. The van der Waals surface area contributed by atoms with Gasteiger partial charge in [-0.2, -0.15) is 0 Å². The molecule has 2 aliphatic heterocycles. The second-order valence-corrected chi connectivity index (χ2v) is 9.50. The molecule has 2 aliphatic rings. The number of aromatic nitrogens is 4. The maximum Gasteiger partial charge on any atom is 0.273 e. The summed E-state index contributed by atoms with van der Waals surface area (Å²) in [6.07, 6.45) is 9.73. The zero-order valence-electron chi connectivity index (χ0n) is 20.1. The van der Waals surface area contributed by atoms with Crippen LogP contribution >= 0.6 is 0 Å². The zero-order valence-corrected chi connectivity index (χ0v) is 20.1. The van der Waals surface area contributed by atoms with Crippen molar-refractivity contribution < 1.29 is 4.79 Å². The number of aryl methyl sites for hydroxylation is 2. The van der Waals surface area contributed by atoms with Gasteiger partial charge in [-0.3, -0.25) is 14.8 Å². The SMILES string of the molecule is Cc1cccc(Cc2cncc([C@@H]3CCCN3C(=O)c3cc(C)nc(N4CCCCC4)n3)n2)c1. The maximum absolute atomic E-state index is 13.6. The average molecular weight is 457 g/mol. The van der Waals surface area contributed by atoms with Crippen LogP contribution < -0.4 is 4.90 Å². The molecule has 2 aromatic heterocycles. The largest absolute Gasteiger partial charge is 0.341 e. The lowest BCUT2D eigenvalue weighted by molar-refractivity contribution is 0.0726. The fourth-order valence-corrected chi connectivity index (χ4v) is 5.06. The highest BCUT2D eigenvalue weighted by Gasteiger charge is 2.33. The molecule has 176 valence electrons. The van der Waals surface area contributed by atoms with Crippen molar-refractivity contribution in [3.05, 3.63) is 76.6 Å². The Morgan fingerprint density at radius 3 is 2.65 bits per heavy atom. The number of carbonyl (C=O) groups is 1. The van der Waals surface area contributed by atoms with Gasteiger partial charge in [0, 0.05) is 37.9 Å². The molecule has 7 nitrogen and oxygen atoms in total. The van der Waals surface area contributed by atoms with Crippen LogP contribution in [0, 0.1) is 13.8 Å². The van der Waals surface area contributed by atoms with Gasteiger partial charge in [0.15, 0.2) is 0 Å². The molecule has 34 heavy (non-hydrogen) atoms. The number of carbonyl (C=O) groups excluding carboxylic acids is 1. The van der Waals surface area contributed by atoms with Crippen molar-refractivity contribution in [3.63, 3.8) is 0 Å². The van der Waals surface area contributed by atoms with E-state index < -0.39 is 0 Å². The number of amides is 1. The molecule has 1 atom stereocenters. The second-order valence-electron chi connectivity index (χ2n) is 9.50. The van der Waals surface area contributed by atoms with Gasteiger partial charge in [0.25, 0.3) is 5.91 Å². The molecule has 2 saturated heterocycles. The number of piperidine rings is 1. The van der Waals surface area contributed by atoms with Gasteiger partial charge >= 0.3 is 0 Å². The van der Waals surface area contributed by atoms with E-state index in [1.165, 1.54) is 17.5 Å². The van der Waals surface area contributed by atoms with Crippen molar-refractivity contribution in [2.24, 2.45) is 0 Å². The molecule has 0 spiro atoms. The number of benzene rings is 1. The summed E-state index contributed by atoms with van der Waals surface area (Å²) in [7, 11) is 0. The van der Waals surface area contributed by atoms with Gasteiger partial charge in [0.1, 0.15) is 5.69 Å². The molecule has 1 amide bonds. The Bertz CT molecular complexity index is 1170. The van der Waals surface area contributed by atoms with Crippen molar-refractivity contribution in [1.82, 2.24) is 24.8 Å². The molecule has 1 aromatic carbocycles. The third-order valence-electron chi connectivity index (χ3n) is 6.73. The molecule has 0 unspecified atom stereocenters. The predicted octanol–water partition coefficient (Wildman–Crippen LogP) is 4.44. The zero-order chi connectivity index (χ0) is 23.5. The fraction of sp³-hybridized carbons (Fsp3) is 0.444. The van der Waals surface area contributed by atoms with E-state index in [0.717, 1.165) is 62.3 Å². The number of hydrogen-bond acceptors (Lipinski definition) is 6. The van der Waals surface area contributed by atoms with Crippen LogP contribution in [0.3, 0.4) is 0 Å². The average Bonchev–Trinajstić information content (AvgIpc) is 3.34. The summed E-state index contributed by atoms with van der Waals surface area (Å²) >= 11 is 0. The van der Waals surface area contributed by atoms with Crippen molar-refractivity contribution in [2.45, 2.75) is 58.4 Å². The maximum atomic E-state index is 13.6. The van der Waals surface area contributed by atoms with Gasteiger partial charge < -0.3 is 9.80 Å². The Kier molecular flexibility index (Phi) is 6.52. The van der Waals surface area contributed by atoms with E-state index in [1.807, 2.05) is 24.1 Å². The summed E-state index contributed by atoms with van der Waals surface area (Å²) in [4.78, 5) is 36.4. The summed E-state index contributed by atoms with van der Waals surface area (Å²) in [6, 6.07) is 10.2. The number of nitrogens with zero attached hydrogens (tertiary/aromatic N) is 6. The molecule has 7 heteroatoms. The van der Waals surface area contributed by atoms with E-state index in [9.17, 15) is 4.79 Å². The van der Waals surface area contributed by atoms with Crippen LogP contribution in [-0.2, 0) is 6.42 Å². The van der Waals surface area contributed by atoms with E-state index in [-0.39, 0.29) is 11.9 Å². The third kappa shape index (κ3) is 4.93. The summed E-state index contributed by atoms with van der Waals surface area (Å²) < 4.78 is 0. The number of rotatable bonds is 5. The first kappa shape index (κ1) is 22.4. The minimum absolute atomic E-state index is 0.0443. The summed E-state index contributed by atoms with van der Waals surface area (Å²) in [5, 5.41) is 0. The highest BCUT2D eigenvalue weighted by atomic mass is 16.2. The monoisotopic (exact) mass is 456 g/mol. The minimum Gasteiger partial charge on any atom is -0.341 e. The molecule has 0 saturated carbocycles. The molecule has 0 radical (unpaired) electrons. The molecule has 2 fully saturated rings. The Balaban J connectivity index is 1.37. The summed E-state index contributed by atoms with van der Waals surface area (Å²) in [5.41, 5.74) is 5.54. The molecule has 3 aromatic rings. The van der Waals surface area contributed by atoms with Gasteiger partial charge in [0.2, 0.25) is 5.95 Å². The van der Waals surface area contributed by atoms with Gasteiger partial charge in [-0.15, -0.1) is 0 Å². The first-order valence-corrected chi connectivity index (χ1v) is 12.3. The highest BCUT2D eigenvalue weighted by molar-refractivity contribution is 5.93. The van der Waals surface area contributed by atoms with Crippen LogP contribution in [0.25, 0.3) is 0 Å². The Labute approximate surface area is 201 Å². The van der Waals surface area contributed by atoms with Crippen LogP contribution in [-0.4, -0.2) is 50.4 Å². The van der Waals surface area contributed by atoms with E-state index in [0.29, 0.717) is 18.2 Å². The molecule has 0 bridgehead atoms. The topological polar surface area (TPSA) is 75.1 Å². The van der Waals surface area contributed by atoms with Crippen molar-refractivity contribution >= 4 is 11.9 Å². The van der Waals surface area contributed by atoms with Crippen molar-refractivity contribution in [2.75, 3.05) is 24.5 Å². The van der Waals surface area contributed by atoms with Gasteiger partial charge in [-0.1, -0.05) is 29.8 Å². The Hall–Kier alpha value is -3.35. The minimum atomic E-state index is -0.0776. The summed E-state index contributed by atoms with van der Waals surface area (Å²) in [6.45, 7) is 6.64. The molecule has 4 heterocycles. The van der Waals surface area contributed by atoms with Gasteiger partial charge in [0.05, 0.1) is 23.6 Å². The van der Waals surface area contributed by atoms with E-state index in [1.54, 1.807) is 6.20 Å². The fourth-order valence-electron chi connectivity index (χ4n) is 5.06. The van der Waals surface area contributed by atoms with Crippen LogP contribution in [0.4, 0.5) is 5.95 Å². The van der Waals surface area contributed by atoms with Crippen molar-refractivity contribution in [3.8, 4) is 0 Å². The van der Waals surface area contributed by atoms with E-state index in [4.69, 9.17) is 9.97 Å². The quantitative estimate of drug-likeness (QED) is 0.565. The standard InChI is InChI=1S/C27H32N6O/c1-19-8-6-9-21(14-19)16-22-17-28-18-24(30-22)25-10-7-13-33(25)26(34)23-15-20(2)29-27(31-23)32-11-4-3-5-12-32/h6,8-9,14-15,17-18,25H,3-5,7,10-13,16H2,1-2H3/t25-/m0/s1. The first-order chi connectivity index (χ1) is 16.6. The normalized spacial score (nSPS) is 18.4. The number of likely N-dealkylation sites (tertiary alicyclic amines) is 1. The predicted molar refractivity (Wildman–Crippen MR) is 132 cm³/mol. The molecule has 5 rings (SSSR count). The highest BCUT2D eigenvalue weighted by Crippen LogP contribution is 2.32. The van der Waals surface area contributed by atoms with E-state index >= 15 is 0 Å². The van der Waals surface area contributed by atoms with Gasteiger partial charge in [-0.05, 0) is 57.6 Å². The van der Waals surface area contributed by atoms with Crippen molar-refractivity contribution in [1.29, 1.82) is 0 Å². The Morgan fingerprint density at radius 1 is 0.971 bits per heavy atom. The van der Waals surface area contributed by atoms with Crippen LogP contribution in [0.1, 0.15) is 76.8 Å². The lowest BCUT2D eigenvalue weighted by Crippen LogP contribution is -2.34.